The van der Waals surface area contributed by atoms with Crippen LogP contribution in [0.3, 0.4) is 0 Å². The fourth-order valence-electron chi connectivity index (χ4n) is 1.37. The van der Waals surface area contributed by atoms with Crippen molar-refractivity contribution in [3.05, 3.63) is 42.4 Å². The molecular formula is C12H13N3OS. The van der Waals surface area contributed by atoms with E-state index in [1.165, 1.54) is 18.3 Å². The number of hydrogen-bond donors (Lipinski definition) is 2. The van der Waals surface area contributed by atoms with Gasteiger partial charge >= 0.3 is 0 Å². The summed E-state index contributed by atoms with van der Waals surface area (Å²) in [4.78, 5) is 8.95. The molecule has 0 bridgehead atoms. The Morgan fingerprint density at radius 1 is 1.35 bits per heavy atom. The van der Waals surface area contributed by atoms with Crippen molar-refractivity contribution in [1.29, 1.82) is 0 Å². The molecule has 0 saturated carbocycles. The average Bonchev–Trinajstić information content (AvgIpc) is 2.39. The quantitative estimate of drug-likeness (QED) is 0.814. The second-order valence-electron chi connectivity index (χ2n) is 3.44. The Bertz CT molecular complexity index is 490. The molecule has 0 fully saturated rings. The molecule has 2 rings (SSSR count). The van der Waals surface area contributed by atoms with E-state index in [0.717, 1.165) is 22.7 Å². The lowest BCUT2D eigenvalue weighted by molar-refractivity contribution is 0.468. The number of phenols is 1. The highest BCUT2D eigenvalue weighted by molar-refractivity contribution is 8.00. The number of rotatable bonds is 4. The first-order valence-electron chi connectivity index (χ1n) is 5.30. The van der Waals surface area contributed by atoms with Crippen molar-refractivity contribution >= 4 is 17.8 Å². The van der Waals surface area contributed by atoms with E-state index in [-0.39, 0.29) is 0 Å². The Hall–Kier alpha value is -1.75. The highest BCUT2D eigenvalue weighted by atomic mass is 32.2. The van der Waals surface area contributed by atoms with E-state index in [2.05, 4.69) is 14.7 Å². The maximum absolute atomic E-state index is 9.57. The lowest BCUT2D eigenvalue weighted by Crippen LogP contribution is -1.91. The van der Waals surface area contributed by atoms with Crippen molar-refractivity contribution in [2.75, 3.05) is 4.72 Å². The first-order valence-corrected chi connectivity index (χ1v) is 6.12. The largest absolute Gasteiger partial charge is 0.508 e. The molecule has 2 aromatic rings. The number of benzene rings is 1. The molecule has 0 radical (unpaired) electrons. The minimum Gasteiger partial charge on any atom is -0.508 e. The first-order chi connectivity index (χ1) is 8.29. The number of aromatic nitrogens is 2. The molecule has 0 atom stereocenters. The SMILES string of the molecule is CCc1cc(SNc2ccncn2)ccc1O. The first kappa shape index (κ1) is 11.7. The molecule has 0 amide bonds. The van der Waals surface area contributed by atoms with Gasteiger partial charge in [0.2, 0.25) is 0 Å². The maximum Gasteiger partial charge on any atom is 0.139 e. The van der Waals surface area contributed by atoms with Crippen molar-refractivity contribution in [2.24, 2.45) is 0 Å². The van der Waals surface area contributed by atoms with Crippen LogP contribution in [0.5, 0.6) is 5.75 Å². The second kappa shape index (κ2) is 5.54. The molecule has 2 N–H and O–H groups in total. The molecule has 0 aliphatic rings. The van der Waals surface area contributed by atoms with Crippen LogP contribution in [0.4, 0.5) is 5.82 Å². The van der Waals surface area contributed by atoms with E-state index >= 15 is 0 Å². The fourth-order valence-corrected chi connectivity index (χ4v) is 2.05. The van der Waals surface area contributed by atoms with E-state index < -0.39 is 0 Å². The van der Waals surface area contributed by atoms with Gasteiger partial charge in [-0.05, 0) is 48.2 Å². The number of nitrogens with one attached hydrogen (secondary N) is 1. The number of phenolic OH excluding ortho intramolecular Hbond substituents is 1. The van der Waals surface area contributed by atoms with Gasteiger partial charge in [0.15, 0.2) is 0 Å². The van der Waals surface area contributed by atoms with Crippen molar-refractivity contribution in [2.45, 2.75) is 18.2 Å². The lowest BCUT2D eigenvalue weighted by atomic mass is 10.1. The molecule has 0 aliphatic carbocycles. The molecule has 0 aliphatic heterocycles. The van der Waals surface area contributed by atoms with Gasteiger partial charge < -0.3 is 9.83 Å². The van der Waals surface area contributed by atoms with E-state index in [1.54, 1.807) is 18.3 Å². The van der Waals surface area contributed by atoms with Crippen molar-refractivity contribution < 1.29 is 5.11 Å². The molecule has 0 unspecified atom stereocenters. The summed E-state index contributed by atoms with van der Waals surface area (Å²) in [6, 6.07) is 7.35. The summed E-state index contributed by atoms with van der Waals surface area (Å²) in [6.45, 7) is 2.02. The molecule has 88 valence electrons. The maximum atomic E-state index is 9.57. The van der Waals surface area contributed by atoms with Crippen molar-refractivity contribution in [1.82, 2.24) is 9.97 Å². The molecule has 17 heavy (non-hydrogen) atoms. The van der Waals surface area contributed by atoms with E-state index in [4.69, 9.17) is 0 Å². The van der Waals surface area contributed by atoms with Gasteiger partial charge in [-0.1, -0.05) is 6.92 Å². The summed E-state index contributed by atoms with van der Waals surface area (Å²) < 4.78 is 3.12. The summed E-state index contributed by atoms with van der Waals surface area (Å²) in [5, 5.41) is 9.57. The Labute approximate surface area is 104 Å². The molecule has 5 heteroatoms. The number of hydrogen-bond acceptors (Lipinski definition) is 5. The third-order valence-corrected chi connectivity index (χ3v) is 3.09. The van der Waals surface area contributed by atoms with Crippen LogP contribution in [0.2, 0.25) is 0 Å². The van der Waals surface area contributed by atoms with Gasteiger partial charge in [0, 0.05) is 11.1 Å². The minimum atomic E-state index is 0.346. The smallest absolute Gasteiger partial charge is 0.139 e. The van der Waals surface area contributed by atoms with Crippen LogP contribution in [0.25, 0.3) is 0 Å². The third kappa shape index (κ3) is 3.10. The van der Waals surface area contributed by atoms with Crippen LogP contribution in [-0.4, -0.2) is 15.1 Å². The summed E-state index contributed by atoms with van der Waals surface area (Å²) in [5.74, 6) is 1.11. The highest BCUT2D eigenvalue weighted by Crippen LogP contribution is 2.25. The van der Waals surface area contributed by atoms with Gasteiger partial charge in [-0.2, -0.15) is 0 Å². The van der Waals surface area contributed by atoms with Crippen LogP contribution in [0, 0.1) is 0 Å². The fraction of sp³-hybridized carbons (Fsp3) is 0.167. The van der Waals surface area contributed by atoms with E-state index in [9.17, 15) is 5.11 Å². The zero-order chi connectivity index (χ0) is 12.1. The predicted octanol–water partition coefficient (Wildman–Crippen LogP) is 2.86. The predicted molar refractivity (Wildman–Crippen MR) is 69.0 cm³/mol. The molecule has 1 aromatic carbocycles. The average molecular weight is 247 g/mol. The Morgan fingerprint density at radius 3 is 2.94 bits per heavy atom. The standard InChI is InChI=1S/C12H13N3OS/c1-2-9-7-10(3-4-11(9)16)17-15-12-5-6-13-8-14-12/h3-8,16H,2H2,1H3,(H,13,14,15). The number of aromatic hydroxyl groups is 1. The second-order valence-corrected chi connectivity index (χ2v) is 4.32. The Morgan fingerprint density at radius 2 is 2.24 bits per heavy atom. The van der Waals surface area contributed by atoms with E-state index in [0.29, 0.717) is 5.75 Å². The van der Waals surface area contributed by atoms with Gasteiger partial charge in [0.1, 0.15) is 17.9 Å². The molecule has 0 saturated heterocycles. The van der Waals surface area contributed by atoms with Gasteiger partial charge in [-0.15, -0.1) is 0 Å². The van der Waals surface area contributed by atoms with Gasteiger partial charge in [0.25, 0.3) is 0 Å². The molecule has 0 spiro atoms. The van der Waals surface area contributed by atoms with Gasteiger partial charge in [0.05, 0.1) is 0 Å². The number of nitrogens with zero attached hydrogens (tertiary/aromatic N) is 2. The number of anilines is 1. The topological polar surface area (TPSA) is 58.0 Å². The van der Waals surface area contributed by atoms with Crippen LogP contribution in [0.15, 0.2) is 41.7 Å². The Kier molecular flexibility index (Phi) is 3.82. The molecular weight excluding hydrogens is 234 g/mol. The van der Waals surface area contributed by atoms with Crippen molar-refractivity contribution in [3.63, 3.8) is 0 Å². The Balaban J connectivity index is 2.04. The summed E-state index contributed by atoms with van der Waals surface area (Å²) >= 11 is 1.46. The zero-order valence-corrected chi connectivity index (χ0v) is 10.2. The van der Waals surface area contributed by atoms with Crippen LogP contribution < -0.4 is 4.72 Å². The molecule has 4 nitrogen and oxygen atoms in total. The van der Waals surface area contributed by atoms with E-state index in [1.807, 2.05) is 19.1 Å². The third-order valence-electron chi connectivity index (χ3n) is 2.29. The zero-order valence-electron chi connectivity index (χ0n) is 9.42. The molecule has 1 aromatic heterocycles. The minimum absolute atomic E-state index is 0.346. The summed E-state index contributed by atoms with van der Waals surface area (Å²) in [6.07, 6.45) is 4.00. The monoisotopic (exact) mass is 247 g/mol. The summed E-state index contributed by atoms with van der Waals surface area (Å²) in [7, 11) is 0. The van der Waals surface area contributed by atoms with Crippen LogP contribution in [0.1, 0.15) is 12.5 Å². The lowest BCUT2D eigenvalue weighted by Gasteiger charge is -2.06. The van der Waals surface area contributed by atoms with Gasteiger partial charge in [-0.3, -0.25) is 0 Å². The number of aryl methyl sites for hydroxylation is 1. The normalized spacial score (nSPS) is 10.2. The van der Waals surface area contributed by atoms with Gasteiger partial charge in [-0.25, -0.2) is 9.97 Å². The van der Waals surface area contributed by atoms with Crippen LogP contribution >= 0.6 is 11.9 Å². The molecule has 1 heterocycles. The van der Waals surface area contributed by atoms with Crippen molar-refractivity contribution in [3.8, 4) is 5.75 Å². The van der Waals surface area contributed by atoms with Crippen LogP contribution in [-0.2, 0) is 6.42 Å². The summed E-state index contributed by atoms with van der Waals surface area (Å²) in [5.41, 5.74) is 0.944. The highest BCUT2D eigenvalue weighted by Gasteiger charge is 2.01.